The molecule has 0 amide bonds. The molecule has 8 fully saturated rings. The third kappa shape index (κ3) is 9.60. The first-order chi connectivity index (χ1) is 35.1. The zero-order chi connectivity index (χ0) is 54.7. The third-order valence-electron chi connectivity index (χ3n) is 21.2. The minimum atomic E-state index is -1.70. The molecular weight excluding hydrogens is 989 g/mol. The summed E-state index contributed by atoms with van der Waals surface area (Å²) in [6.07, 6.45) is -19.5. The molecule has 0 radical (unpaired) electrons. The van der Waals surface area contributed by atoms with Gasteiger partial charge in [-0.2, -0.15) is 0 Å². The number of carboxylic acid groups (broad SMARTS) is 1. The highest BCUT2D eigenvalue weighted by Gasteiger charge is 2.70. The number of carboxylic acids is 1. The van der Waals surface area contributed by atoms with Crippen LogP contribution in [0.25, 0.3) is 0 Å². The Balaban J connectivity index is 0.896. The van der Waals surface area contributed by atoms with Crippen molar-refractivity contribution in [3.05, 3.63) is 11.6 Å². The molecule has 0 bridgehead atoms. The SMILES string of the molecule is C[C@@H]1O[C@@H](O[C@@H]2[C@@H](O)[C@H](O[C@H]3CC[C@]4(C)[C@H]5CC=C6[C@@H]7C[C@@](C)(CO[C@@H]8O[C@H](CO[C@@H]9OC[C@@H](O)[C@H](O)[C@H]9O)[C@@H](O)[C@H](O)[C@H]8O)CC[C@]7(C(=O)O)CC[C@@]6(C)[C@]5(C)CC[C@H]4C3(C)C)O[C@H](CO)[C@H]2O)[C@H](O)[C@H](O)[C@H]1O. The lowest BCUT2D eigenvalue weighted by molar-refractivity contribution is -0.367. The van der Waals surface area contributed by atoms with Crippen LogP contribution in [0, 0.1) is 50.2 Å². The van der Waals surface area contributed by atoms with E-state index in [-0.39, 0.29) is 47.2 Å². The molecule has 4 aliphatic heterocycles. The molecular formula is C53H86O22. The number of hydrogen-bond donors (Lipinski definition) is 13. The van der Waals surface area contributed by atoms with E-state index in [0.717, 1.165) is 25.7 Å². The van der Waals surface area contributed by atoms with E-state index >= 15 is 0 Å². The summed E-state index contributed by atoms with van der Waals surface area (Å²) in [6.45, 7) is 13.7. The van der Waals surface area contributed by atoms with Gasteiger partial charge in [0.15, 0.2) is 25.2 Å². The molecule has 9 rings (SSSR count). The summed E-state index contributed by atoms with van der Waals surface area (Å²) in [5.41, 5.74) is -1.68. The van der Waals surface area contributed by atoms with E-state index in [4.69, 9.17) is 37.9 Å². The van der Waals surface area contributed by atoms with Gasteiger partial charge in [0.25, 0.3) is 0 Å². The maximum absolute atomic E-state index is 13.6. The van der Waals surface area contributed by atoms with Crippen LogP contribution in [-0.4, -0.2) is 222 Å². The van der Waals surface area contributed by atoms with Crippen molar-refractivity contribution >= 4 is 5.97 Å². The Morgan fingerprint density at radius 3 is 1.97 bits per heavy atom. The lowest BCUT2D eigenvalue weighted by atomic mass is 9.33. The van der Waals surface area contributed by atoms with Gasteiger partial charge in [-0.25, -0.2) is 0 Å². The Kier molecular flexibility index (Phi) is 16.3. The van der Waals surface area contributed by atoms with Gasteiger partial charge in [0.05, 0.1) is 44.1 Å². The van der Waals surface area contributed by atoms with Crippen molar-refractivity contribution in [2.75, 3.05) is 26.4 Å². The fraction of sp³-hybridized carbons (Fsp3) is 0.943. The average Bonchev–Trinajstić information content (AvgIpc) is 3.36. The predicted molar refractivity (Wildman–Crippen MR) is 257 cm³/mol. The largest absolute Gasteiger partial charge is 0.481 e. The summed E-state index contributed by atoms with van der Waals surface area (Å²) < 4.78 is 47.4. The van der Waals surface area contributed by atoms with Crippen LogP contribution in [0.2, 0.25) is 0 Å². The van der Waals surface area contributed by atoms with Gasteiger partial charge in [0, 0.05) is 0 Å². The van der Waals surface area contributed by atoms with Crippen molar-refractivity contribution in [2.24, 2.45) is 50.2 Å². The average molecular weight is 1080 g/mol. The van der Waals surface area contributed by atoms with Crippen molar-refractivity contribution in [3.8, 4) is 0 Å². The molecule has 28 atom stereocenters. The number of carbonyl (C=O) groups is 1. The number of aliphatic hydroxyl groups is 12. The van der Waals surface area contributed by atoms with E-state index in [0.29, 0.717) is 38.5 Å². The standard InChI is InChI=1S/C53H86O22/c1-23-32(56)36(60)40(64)45(71-23)75-42-35(59)27(19-54)72-46(41(42)65)74-31-11-12-50(5)29(48(31,2)3)10-13-52(7)30(50)9-8-24-25-18-49(4,14-16-53(25,47(66)67)17-15-51(24,52)6)22-70-44-39(63)37(61)34(58)28(73-44)21-69-43-38(62)33(57)26(55)20-68-43/h8,23,25-46,54-65H,9-22H2,1-7H3,(H,66,67)/t23-,25-,26+,27+,28+,29-,30+,31-,32-,33-,34+,35+,36+,37-,38+,39+,40+,41+,42-,43-,44+,45-,46-,49-,50-,51+,52+,53-/m0/s1. The van der Waals surface area contributed by atoms with E-state index < -0.39 is 158 Å². The molecule has 0 unspecified atom stereocenters. The fourth-order valence-corrected chi connectivity index (χ4v) is 16.2. The van der Waals surface area contributed by atoms with Crippen LogP contribution >= 0.6 is 0 Å². The highest BCUT2D eigenvalue weighted by Crippen LogP contribution is 2.76. The second-order valence-electron chi connectivity index (χ2n) is 25.7. The molecule has 4 saturated carbocycles. The van der Waals surface area contributed by atoms with E-state index in [2.05, 4.69) is 40.7 Å². The minimum Gasteiger partial charge on any atom is -0.481 e. The molecule has 0 aromatic heterocycles. The van der Waals surface area contributed by atoms with Crippen molar-refractivity contribution < 1.29 is 109 Å². The fourth-order valence-electron chi connectivity index (χ4n) is 16.2. The summed E-state index contributed by atoms with van der Waals surface area (Å²) in [5.74, 6) is -0.797. The van der Waals surface area contributed by atoms with E-state index in [1.165, 1.54) is 12.5 Å². The molecule has 4 saturated heterocycles. The lowest BCUT2D eigenvalue weighted by Gasteiger charge is -2.71. The van der Waals surface area contributed by atoms with Gasteiger partial charge < -0.3 is 104 Å². The molecule has 0 spiro atoms. The van der Waals surface area contributed by atoms with Crippen LogP contribution in [0.15, 0.2) is 11.6 Å². The van der Waals surface area contributed by atoms with E-state index in [9.17, 15) is 71.2 Å². The zero-order valence-corrected chi connectivity index (χ0v) is 44.2. The molecule has 5 aliphatic carbocycles. The first-order valence-corrected chi connectivity index (χ1v) is 27.2. The summed E-state index contributed by atoms with van der Waals surface area (Å²) in [5, 5.41) is 139. The topological polar surface area (TPSA) is 354 Å². The smallest absolute Gasteiger partial charge is 0.310 e. The number of aliphatic carboxylic acids is 1. The number of rotatable bonds is 12. The van der Waals surface area contributed by atoms with E-state index in [1.807, 2.05) is 6.92 Å². The number of aliphatic hydroxyl groups excluding tert-OH is 12. The van der Waals surface area contributed by atoms with Crippen LogP contribution in [-0.2, 0) is 42.7 Å². The Morgan fingerprint density at radius 1 is 0.640 bits per heavy atom. The number of hydrogen-bond acceptors (Lipinski definition) is 21. The summed E-state index contributed by atoms with van der Waals surface area (Å²) in [7, 11) is 0. The number of ether oxygens (including phenoxy) is 8. The normalized spacial score (nSPS) is 54.9. The third-order valence-corrected chi connectivity index (χ3v) is 21.2. The lowest BCUT2D eigenvalue weighted by Crippen LogP contribution is -2.66. The first-order valence-electron chi connectivity index (χ1n) is 27.2. The van der Waals surface area contributed by atoms with Gasteiger partial charge in [-0.05, 0) is 116 Å². The second kappa shape index (κ2) is 21.1. The van der Waals surface area contributed by atoms with Crippen LogP contribution in [0.5, 0.6) is 0 Å². The zero-order valence-electron chi connectivity index (χ0n) is 44.2. The molecule has 22 nitrogen and oxygen atoms in total. The van der Waals surface area contributed by atoms with Gasteiger partial charge in [0.1, 0.15) is 85.5 Å². The highest BCUT2D eigenvalue weighted by atomic mass is 16.7. The molecule has 0 aromatic carbocycles. The van der Waals surface area contributed by atoms with Crippen molar-refractivity contribution in [3.63, 3.8) is 0 Å². The quantitative estimate of drug-likeness (QED) is 0.0838. The Hall–Kier alpha value is -1.59. The minimum absolute atomic E-state index is 0.0398. The summed E-state index contributed by atoms with van der Waals surface area (Å²) in [4.78, 5) is 13.6. The molecule has 430 valence electrons. The van der Waals surface area contributed by atoms with Crippen LogP contribution in [0.3, 0.4) is 0 Å². The highest BCUT2D eigenvalue weighted by molar-refractivity contribution is 5.76. The summed E-state index contributed by atoms with van der Waals surface area (Å²) >= 11 is 0. The maximum Gasteiger partial charge on any atom is 0.310 e. The first kappa shape index (κ1) is 58.1. The summed E-state index contributed by atoms with van der Waals surface area (Å²) in [6, 6.07) is 0. The Bertz CT molecular complexity index is 2060. The maximum atomic E-state index is 13.6. The van der Waals surface area contributed by atoms with Gasteiger partial charge in [0.2, 0.25) is 0 Å². The van der Waals surface area contributed by atoms with Crippen LogP contribution in [0.4, 0.5) is 0 Å². The Morgan fingerprint density at radius 2 is 1.28 bits per heavy atom. The van der Waals surface area contributed by atoms with Crippen LogP contribution in [0.1, 0.15) is 113 Å². The van der Waals surface area contributed by atoms with Crippen molar-refractivity contribution in [2.45, 2.75) is 235 Å². The Labute approximate surface area is 437 Å². The number of allylic oxidation sites excluding steroid dienone is 2. The molecule has 22 heteroatoms. The van der Waals surface area contributed by atoms with E-state index in [1.54, 1.807) is 0 Å². The molecule has 75 heavy (non-hydrogen) atoms. The monoisotopic (exact) mass is 1070 g/mol. The number of fused-ring (bicyclic) bond motifs is 7. The van der Waals surface area contributed by atoms with Gasteiger partial charge in [-0.3, -0.25) is 4.79 Å². The van der Waals surface area contributed by atoms with Gasteiger partial charge in [-0.1, -0.05) is 53.2 Å². The molecule has 4 heterocycles. The molecule has 0 aromatic rings. The second-order valence-corrected chi connectivity index (χ2v) is 25.7. The molecule has 9 aliphatic rings. The predicted octanol–water partition coefficient (Wildman–Crippen LogP) is -0.830. The molecule has 13 N–H and O–H groups in total. The van der Waals surface area contributed by atoms with Gasteiger partial charge >= 0.3 is 5.97 Å². The van der Waals surface area contributed by atoms with Crippen molar-refractivity contribution in [1.29, 1.82) is 0 Å². The van der Waals surface area contributed by atoms with Gasteiger partial charge in [-0.15, -0.1) is 0 Å². The van der Waals surface area contributed by atoms with Crippen LogP contribution < -0.4 is 0 Å². The van der Waals surface area contributed by atoms with Crippen molar-refractivity contribution in [1.82, 2.24) is 0 Å².